The molecule has 0 aliphatic rings. The highest BCUT2D eigenvalue weighted by Gasteiger charge is 2.21. The molecule has 0 saturated heterocycles. The van der Waals surface area contributed by atoms with Crippen molar-refractivity contribution in [3.8, 4) is 0 Å². The van der Waals surface area contributed by atoms with E-state index in [0.717, 1.165) is 18.2 Å². The molecule has 0 radical (unpaired) electrons. The van der Waals surface area contributed by atoms with E-state index in [-0.39, 0.29) is 15.7 Å². The summed E-state index contributed by atoms with van der Waals surface area (Å²) in [4.78, 5) is 13.3. The van der Waals surface area contributed by atoms with E-state index in [1.54, 1.807) is 0 Å². The smallest absolute Gasteiger partial charge is 0.273 e. The fourth-order valence-electron chi connectivity index (χ4n) is 1.50. The highest BCUT2D eigenvalue weighted by Crippen LogP contribution is 2.27. The minimum absolute atomic E-state index is 0.0496. The second-order valence-corrected chi connectivity index (χ2v) is 5.91. The maximum Gasteiger partial charge on any atom is 0.296 e. The van der Waals surface area contributed by atoms with Crippen molar-refractivity contribution in [1.29, 1.82) is 0 Å². The van der Waals surface area contributed by atoms with Crippen LogP contribution in [0.5, 0.6) is 0 Å². The van der Waals surface area contributed by atoms with Gasteiger partial charge >= 0.3 is 0 Å². The van der Waals surface area contributed by atoms with E-state index < -0.39 is 26.5 Å². The number of aromatic nitrogens is 1. The zero-order valence-electron chi connectivity index (χ0n) is 10.2. The molecule has 2 aromatic rings. The Morgan fingerprint density at radius 1 is 1.29 bits per heavy atom. The third-order valence-electron chi connectivity index (χ3n) is 2.41. The first-order valence-corrected chi connectivity index (χ1v) is 7.24. The van der Waals surface area contributed by atoms with E-state index in [0.29, 0.717) is 6.07 Å². The van der Waals surface area contributed by atoms with Crippen LogP contribution in [0.3, 0.4) is 0 Å². The number of rotatable bonds is 4. The first kappa shape index (κ1) is 15.1. The Morgan fingerprint density at radius 2 is 2.00 bits per heavy atom. The number of nitrogens with one attached hydrogen (secondary N) is 1. The van der Waals surface area contributed by atoms with Crippen LogP contribution in [0.25, 0.3) is 0 Å². The molecule has 10 heteroatoms. The molecule has 0 spiro atoms. The summed E-state index contributed by atoms with van der Waals surface area (Å²) in [6.07, 6.45) is 1.18. The molecule has 1 aromatic heterocycles. The molecule has 0 unspecified atom stereocenters. The summed E-state index contributed by atoms with van der Waals surface area (Å²) >= 11 is 5.60. The van der Waals surface area contributed by atoms with Crippen LogP contribution in [0.15, 0.2) is 41.4 Å². The first-order chi connectivity index (χ1) is 9.79. The Kier molecular flexibility index (Phi) is 4.05. The highest BCUT2D eigenvalue weighted by molar-refractivity contribution is 7.92. The Labute approximate surface area is 123 Å². The number of pyridine rings is 1. The van der Waals surface area contributed by atoms with E-state index in [1.807, 2.05) is 4.72 Å². The van der Waals surface area contributed by atoms with Gasteiger partial charge in [-0.15, -0.1) is 0 Å². The predicted octanol–water partition coefficient (Wildman–Crippen LogP) is 2.58. The summed E-state index contributed by atoms with van der Waals surface area (Å²) in [6.45, 7) is 0. The molecule has 7 nitrogen and oxygen atoms in total. The van der Waals surface area contributed by atoms with Crippen molar-refractivity contribution in [1.82, 2.24) is 4.98 Å². The van der Waals surface area contributed by atoms with Gasteiger partial charge in [-0.3, -0.25) is 14.8 Å². The van der Waals surface area contributed by atoms with Crippen LogP contribution in [-0.2, 0) is 10.0 Å². The molecule has 2 rings (SSSR count). The number of nitro benzene ring substituents is 1. The maximum atomic E-state index is 13.0. The van der Waals surface area contributed by atoms with Gasteiger partial charge in [0.2, 0.25) is 0 Å². The van der Waals surface area contributed by atoms with Gasteiger partial charge in [0.15, 0.2) is 0 Å². The number of anilines is 1. The zero-order chi connectivity index (χ0) is 15.6. The summed E-state index contributed by atoms with van der Waals surface area (Å²) in [5, 5.41) is 10.8. The number of hydrogen-bond acceptors (Lipinski definition) is 5. The SMILES string of the molecule is O=[N+]([O-])c1cc(F)ccc1NS(=O)(=O)c1ccnc(Cl)c1. The number of halogens is 2. The van der Waals surface area contributed by atoms with Crippen molar-refractivity contribution in [3.63, 3.8) is 0 Å². The summed E-state index contributed by atoms with van der Waals surface area (Å²) in [5.74, 6) is -0.850. The molecule has 0 saturated carbocycles. The lowest BCUT2D eigenvalue weighted by Gasteiger charge is -2.08. The quantitative estimate of drug-likeness (QED) is 0.527. The van der Waals surface area contributed by atoms with E-state index >= 15 is 0 Å². The average molecular weight is 332 g/mol. The Balaban J connectivity index is 2.44. The van der Waals surface area contributed by atoms with Crippen LogP contribution in [0.2, 0.25) is 5.15 Å². The molecule has 110 valence electrons. The van der Waals surface area contributed by atoms with Gasteiger partial charge in [-0.1, -0.05) is 11.6 Å². The first-order valence-electron chi connectivity index (χ1n) is 5.38. The van der Waals surface area contributed by atoms with Crippen molar-refractivity contribution in [2.45, 2.75) is 4.90 Å². The molecular weight excluding hydrogens is 325 g/mol. The van der Waals surface area contributed by atoms with Crippen molar-refractivity contribution < 1.29 is 17.7 Å². The van der Waals surface area contributed by atoms with Gasteiger partial charge in [-0.05, 0) is 24.3 Å². The standard InChI is InChI=1S/C11H7ClFN3O4S/c12-11-6-8(3-4-14-11)21(19,20)15-9-2-1-7(13)5-10(9)16(17)18/h1-6,15H. The maximum absolute atomic E-state index is 13.0. The van der Waals surface area contributed by atoms with Crippen molar-refractivity contribution in [2.75, 3.05) is 4.72 Å². The molecule has 0 atom stereocenters. The van der Waals surface area contributed by atoms with Crippen molar-refractivity contribution in [3.05, 3.63) is 57.6 Å². The summed E-state index contributed by atoms with van der Waals surface area (Å²) in [6, 6.07) is 4.75. The second kappa shape index (κ2) is 5.62. The normalized spacial score (nSPS) is 11.1. The third-order valence-corrected chi connectivity index (χ3v) is 3.98. The number of hydrogen-bond donors (Lipinski definition) is 1. The molecule has 0 fully saturated rings. The van der Waals surface area contributed by atoms with Crippen LogP contribution in [0.1, 0.15) is 0 Å². The van der Waals surface area contributed by atoms with Gasteiger partial charge in [0.1, 0.15) is 16.7 Å². The number of nitrogens with zero attached hydrogens (tertiary/aromatic N) is 2. The fraction of sp³-hybridized carbons (Fsp3) is 0. The van der Waals surface area contributed by atoms with Crippen LogP contribution in [-0.4, -0.2) is 18.3 Å². The highest BCUT2D eigenvalue weighted by atomic mass is 35.5. The van der Waals surface area contributed by atoms with E-state index in [4.69, 9.17) is 11.6 Å². The molecule has 0 amide bonds. The van der Waals surface area contributed by atoms with Gasteiger partial charge in [0, 0.05) is 6.20 Å². The average Bonchev–Trinajstić information content (AvgIpc) is 2.40. The van der Waals surface area contributed by atoms with E-state index in [9.17, 15) is 22.9 Å². The van der Waals surface area contributed by atoms with Crippen molar-refractivity contribution >= 4 is 33.0 Å². The Morgan fingerprint density at radius 3 is 2.62 bits per heavy atom. The Hall–Kier alpha value is -2.26. The molecule has 0 aliphatic carbocycles. The lowest BCUT2D eigenvalue weighted by Crippen LogP contribution is -2.14. The molecular formula is C11H7ClFN3O4S. The van der Waals surface area contributed by atoms with Crippen LogP contribution in [0, 0.1) is 15.9 Å². The second-order valence-electron chi connectivity index (χ2n) is 3.84. The largest absolute Gasteiger partial charge is 0.296 e. The topological polar surface area (TPSA) is 102 Å². The summed E-state index contributed by atoms with van der Waals surface area (Å²) < 4.78 is 39.2. The molecule has 0 bridgehead atoms. The van der Waals surface area contributed by atoms with E-state index in [1.165, 1.54) is 12.3 Å². The Bertz CT molecular complexity index is 813. The number of nitro groups is 1. The number of sulfonamides is 1. The van der Waals surface area contributed by atoms with Crippen molar-refractivity contribution in [2.24, 2.45) is 0 Å². The minimum Gasteiger partial charge on any atom is -0.273 e. The van der Waals surface area contributed by atoms with Gasteiger partial charge in [-0.25, -0.2) is 17.8 Å². The number of benzene rings is 1. The lowest BCUT2D eigenvalue weighted by atomic mass is 10.3. The van der Waals surface area contributed by atoms with Gasteiger partial charge in [-0.2, -0.15) is 0 Å². The summed E-state index contributed by atoms with van der Waals surface area (Å²) in [5.41, 5.74) is -1.05. The monoisotopic (exact) mass is 331 g/mol. The van der Waals surface area contributed by atoms with Crippen LogP contribution >= 0.6 is 11.6 Å². The minimum atomic E-state index is -4.11. The van der Waals surface area contributed by atoms with Crippen LogP contribution in [0.4, 0.5) is 15.8 Å². The third kappa shape index (κ3) is 3.44. The lowest BCUT2D eigenvalue weighted by molar-refractivity contribution is -0.384. The molecule has 1 heterocycles. The summed E-state index contributed by atoms with van der Waals surface area (Å²) in [7, 11) is -4.11. The van der Waals surface area contributed by atoms with Gasteiger partial charge in [0.05, 0.1) is 15.9 Å². The predicted molar refractivity (Wildman–Crippen MR) is 73.1 cm³/mol. The van der Waals surface area contributed by atoms with Gasteiger partial charge < -0.3 is 0 Å². The van der Waals surface area contributed by atoms with Gasteiger partial charge in [0.25, 0.3) is 15.7 Å². The van der Waals surface area contributed by atoms with E-state index in [2.05, 4.69) is 4.98 Å². The zero-order valence-corrected chi connectivity index (χ0v) is 11.7. The molecule has 1 aromatic carbocycles. The molecule has 1 N–H and O–H groups in total. The van der Waals surface area contributed by atoms with Crippen LogP contribution < -0.4 is 4.72 Å². The fourth-order valence-corrected chi connectivity index (χ4v) is 2.82. The molecule has 0 aliphatic heterocycles. The molecule has 21 heavy (non-hydrogen) atoms.